The summed E-state index contributed by atoms with van der Waals surface area (Å²) in [5.74, 6) is -0.906. The molecule has 0 aliphatic carbocycles. The number of aliphatic carboxylic acids is 1. The first-order valence-electron chi connectivity index (χ1n) is 6.92. The number of carbonyl (C=O) groups is 2. The third-order valence-corrected chi connectivity index (χ3v) is 4.02. The van der Waals surface area contributed by atoms with Gasteiger partial charge in [-0.05, 0) is 36.8 Å². The van der Waals surface area contributed by atoms with Gasteiger partial charge in [-0.3, -0.25) is 10.2 Å². The summed E-state index contributed by atoms with van der Waals surface area (Å²) in [7, 11) is 0. The van der Waals surface area contributed by atoms with E-state index in [1.54, 1.807) is 0 Å². The maximum atomic E-state index is 11.6. The Balaban J connectivity index is 1.93. The molecule has 1 atom stereocenters. The van der Waals surface area contributed by atoms with E-state index in [2.05, 4.69) is 22.4 Å². The van der Waals surface area contributed by atoms with Crippen molar-refractivity contribution in [2.24, 2.45) is 5.10 Å². The molecule has 0 aromatic heterocycles. The van der Waals surface area contributed by atoms with Gasteiger partial charge >= 0.3 is 0 Å². The molecule has 122 valence electrons. The lowest BCUT2D eigenvalue weighted by atomic mass is 10.2. The molecular formula is C15H16N3O4S-. The molecule has 0 radical (unpaired) electrons. The van der Waals surface area contributed by atoms with E-state index in [1.807, 2.05) is 31.2 Å². The number of hydrogen-bond acceptors (Lipinski definition) is 7. The lowest BCUT2D eigenvalue weighted by Gasteiger charge is -2.07. The number of nitrogens with one attached hydrogen (secondary N) is 2. The summed E-state index contributed by atoms with van der Waals surface area (Å²) in [6.45, 7) is 6.36. The zero-order valence-electron chi connectivity index (χ0n) is 12.5. The molecule has 1 heterocycles. The van der Waals surface area contributed by atoms with Crippen LogP contribution in [-0.2, 0) is 9.59 Å². The minimum Gasteiger partial charge on any atom is -0.550 e. The highest BCUT2D eigenvalue weighted by Gasteiger charge is 2.30. The van der Waals surface area contributed by atoms with Crippen molar-refractivity contribution in [1.82, 2.24) is 10.7 Å². The molecule has 23 heavy (non-hydrogen) atoms. The molecule has 7 nitrogen and oxygen atoms in total. The first-order chi connectivity index (χ1) is 11.0. The fourth-order valence-electron chi connectivity index (χ4n) is 1.85. The Morgan fingerprint density at radius 3 is 2.78 bits per heavy atom. The number of hydrogen-bond donors (Lipinski definition) is 2. The van der Waals surface area contributed by atoms with E-state index in [9.17, 15) is 14.7 Å². The van der Waals surface area contributed by atoms with Crippen LogP contribution < -0.4 is 20.6 Å². The fourth-order valence-corrected chi connectivity index (χ4v) is 2.76. The summed E-state index contributed by atoms with van der Waals surface area (Å²) in [4.78, 5) is 22.1. The first kappa shape index (κ1) is 16.9. The molecule has 2 rings (SSSR count). The van der Waals surface area contributed by atoms with Crippen LogP contribution >= 0.6 is 11.8 Å². The molecule has 0 bridgehead atoms. The van der Waals surface area contributed by atoms with Gasteiger partial charge in [0.15, 0.2) is 5.17 Å². The Morgan fingerprint density at radius 1 is 1.48 bits per heavy atom. The molecule has 1 fully saturated rings. The van der Waals surface area contributed by atoms with Gasteiger partial charge in [0.1, 0.15) is 5.75 Å². The van der Waals surface area contributed by atoms with E-state index >= 15 is 0 Å². The average molecular weight is 334 g/mol. The Kier molecular flexibility index (Phi) is 5.64. The maximum Gasteiger partial charge on any atom is 0.239 e. The quantitative estimate of drug-likeness (QED) is 0.695. The van der Waals surface area contributed by atoms with Crippen molar-refractivity contribution in [2.75, 3.05) is 6.61 Å². The third kappa shape index (κ3) is 4.75. The number of rotatable bonds is 7. The molecule has 2 N–H and O–H groups in total. The van der Waals surface area contributed by atoms with E-state index in [4.69, 9.17) is 4.74 Å². The molecule has 1 amide bonds. The molecule has 0 saturated carbocycles. The highest BCUT2D eigenvalue weighted by molar-refractivity contribution is 8.15. The molecule has 0 spiro atoms. The van der Waals surface area contributed by atoms with Gasteiger partial charge in [0, 0.05) is 12.4 Å². The zero-order valence-corrected chi connectivity index (χ0v) is 13.3. The predicted molar refractivity (Wildman–Crippen MR) is 86.4 cm³/mol. The van der Waals surface area contributed by atoms with Gasteiger partial charge in [0.05, 0.1) is 17.6 Å². The smallest absolute Gasteiger partial charge is 0.239 e. The predicted octanol–water partition coefficient (Wildman–Crippen LogP) is 0.288. The van der Waals surface area contributed by atoms with Gasteiger partial charge in [-0.25, -0.2) is 0 Å². The molecule has 0 unspecified atom stereocenters. The fraction of sp³-hybridized carbons (Fsp3) is 0.267. The van der Waals surface area contributed by atoms with E-state index < -0.39 is 17.1 Å². The Morgan fingerprint density at radius 2 is 2.17 bits per heavy atom. The Labute approximate surface area is 137 Å². The lowest BCUT2D eigenvalue weighted by molar-refractivity contribution is -0.305. The summed E-state index contributed by atoms with van der Waals surface area (Å²) in [5, 5.41) is 16.6. The normalized spacial score (nSPS) is 18.6. The van der Waals surface area contributed by atoms with Crippen LogP contribution in [-0.4, -0.2) is 28.9 Å². The second kappa shape index (κ2) is 7.68. The van der Waals surface area contributed by atoms with Crippen LogP contribution in [0.15, 0.2) is 35.9 Å². The van der Waals surface area contributed by atoms with Gasteiger partial charge in [-0.15, -0.1) is 5.10 Å². The second-order valence-electron chi connectivity index (χ2n) is 4.64. The second-order valence-corrected chi connectivity index (χ2v) is 5.83. The molecule has 1 aromatic rings. The first-order valence-corrected chi connectivity index (χ1v) is 7.80. The molecule has 1 aliphatic heterocycles. The van der Waals surface area contributed by atoms with Crippen LogP contribution in [0.25, 0.3) is 5.70 Å². The van der Waals surface area contributed by atoms with Crippen LogP contribution in [0.2, 0.25) is 0 Å². The summed E-state index contributed by atoms with van der Waals surface area (Å²) < 4.78 is 5.36. The standard InChI is InChI=1S/C15H17N3O4S/c1-3-22-11-6-4-10(5-7-11)9(2)17-18-15-16-14(21)12(23-15)8-13(19)20/h4-7,12,17H,2-3,8H2,1H3,(H,19,20)(H,16,18,21)/p-1/t12-/m1/s1. The molecule has 1 aromatic carbocycles. The van der Waals surface area contributed by atoms with Crippen molar-refractivity contribution < 1.29 is 19.4 Å². The maximum absolute atomic E-state index is 11.6. The number of amidine groups is 1. The van der Waals surface area contributed by atoms with Gasteiger partial charge in [0.25, 0.3) is 0 Å². The largest absolute Gasteiger partial charge is 0.550 e. The van der Waals surface area contributed by atoms with E-state index in [0.29, 0.717) is 17.5 Å². The number of nitrogens with zero attached hydrogens (tertiary/aromatic N) is 1. The van der Waals surface area contributed by atoms with Crippen LogP contribution in [0.5, 0.6) is 5.75 Å². The lowest BCUT2D eigenvalue weighted by Crippen LogP contribution is -2.31. The number of ether oxygens (including phenoxy) is 1. The SMILES string of the molecule is C=C(N/N=C1/NC(=O)[C@@H](CC(=O)[O-])S1)c1ccc(OCC)cc1. The van der Waals surface area contributed by atoms with Crippen LogP contribution in [0.1, 0.15) is 18.9 Å². The Hall–Kier alpha value is -2.48. The highest BCUT2D eigenvalue weighted by Crippen LogP contribution is 2.22. The monoisotopic (exact) mass is 334 g/mol. The van der Waals surface area contributed by atoms with Crippen molar-refractivity contribution in [2.45, 2.75) is 18.6 Å². The number of hydrazone groups is 1. The number of carboxylic acids is 1. The highest BCUT2D eigenvalue weighted by atomic mass is 32.2. The number of amides is 1. The van der Waals surface area contributed by atoms with Crippen LogP contribution in [0, 0.1) is 0 Å². The van der Waals surface area contributed by atoms with E-state index in [1.165, 1.54) is 0 Å². The van der Waals surface area contributed by atoms with Crippen LogP contribution in [0.4, 0.5) is 0 Å². The van der Waals surface area contributed by atoms with Crippen molar-refractivity contribution in [3.05, 3.63) is 36.4 Å². The number of thioether (sulfide) groups is 1. The summed E-state index contributed by atoms with van der Waals surface area (Å²) in [6.07, 6.45) is -0.352. The summed E-state index contributed by atoms with van der Waals surface area (Å²) >= 11 is 1.04. The van der Waals surface area contributed by atoms with Gasteiger partial charge in [-0.1, -0.05) is 18.3 Å². The topological polar surface area (TPSA) is 103 Å². The van der Waals surface area contributed by atoms with Gasteiger partial charge < -0.3 is 20.0 Å². The van der Waals surface area contributed by atoms with E-state index in [-0.39, 0.29) is 6.42 Å². The van der Waals surface area contributed by atoms with E-state index in [0.717, 1.165) is 23.1 Å². The molecular weight excluding hydrogens is 318 g/mol. The minimum absolute atomic E-state index is 0.299. The van der Waals surface area contributed by atoms with Gasteiger partial charge in [-0.2, -0.15) is 0 Å². The minimum atomic E-state index is -1.27. The van der Waals surface area contributed by atoms with Crippen molar-refractivity contribution in [3.63, 3.8) is 0 Å². The van der Waals surface area contributed by atoms with Crippen molar-refractivity contribution in [1.29, 1.82) is 0 Å². The van der Waals surface area contributed by atoms with Crippen molar-refractivity contribution >= 4 is 34.5 Å². The Bertz CT molecular complexity index is 643. The average Bonchev–Trinajstić information content (AvgIpc) is 2.85. The van der Waals surface area contributed by atoms with Crippen LogP contribution in [0.3, 0.4) is 0 Å². The number of benzene rings is 1. The molecule has 1 saturated heterocycles. The third-order valence-electron chi connectivity index (χ3n) is 2.93. The summed E-state index contributed by atoms with van der Waals surface area (Å²) in [6, 6.07) is 7.31. The molecule has 8 heteroatoms. The van der Waals surface area contributed by atoms with Crippen molar-refractivity contribution in [3.8, 4) is 5.75 Å². The zero-order chi connectivity index (χ0) is 16.8. The number of carbonyl (C=O) groups excluding carboxylic acids is 2. The van der Waals surface area contributed by atoms with Gasteiger partial charge in [0.2, 0.25) is 5.91 Å². The molecule has 1 aliphatic rings. The summed E-state index contributed by atoms with van der Waals surface area (Å²) in [5.41, 5.74) is 4.10. The number of carboxylic acid groups (broad SMARTS) is 1.